The number of ether oxygens (including phenoxy) is 2. The predicted octanol–water partition coefficient (Wildman–Crippen LogP) is 2.88. The maximum atomic E-state index is 10.0. The van der Waals surface area contributed by atoms with Crippen LogP contribution in [-0.4, -0.2) is 78.7 Å². The van der Waals surface area contributed by atoms with Crippen LogP contribution in [0.15, 0.2) is 42.6 Å². The Hall–Kier alpha value is -3.27. The first-order valence-corrected chi connectivity index (χ1v) is 12.6. The van der Waals surface area contributed by atoms with E-state index in [0.29, 0.717) is 24.7 Å². The number of anilines is 2. The van der Waals surface area contributed by atoms with Crippen molar-refractivity contribution >= 4 is 11.6 Å². The third-order valence-electron chi connectivity index (χ3n) is 6.59. The minimum absolute atomic E-state index is 0.203. The van der Waals surface area contributed by atoms with Crippen LogP contribution in [0.2, 0.25) is 0 Å². The first-order valence-electron chi connectivity index (χ1n) is 12.6. The van der Waals surface area contributed by atoms with Gasteiger partial charge in [-0.3, -0.25) is 0 Å². The van der Waals surface area contributed by atoms with E-state index in [1.54, 1.807) is 7.05 Å². The van der Waals surface area contributed by atoms with Crippen LogP contribution in [0, 0.1) is 6.92 Å². The molecule has 9 nitrogen and oxygen atoms in total. The van der Waals surface area contributed by atoms with Gasteiger partial charge in [-0.1, -0.05) is 12.1 Å². The van der Waals surface area contributed by atoms with Crippen LogP contribution in [0.4, 0.5) is 11.6 Å². The van der Waals surface area contributed by atoms with Crippen molar-refractivity contribution in [3.8, 4) is 28.4 Å². The van der Waals surface area contributed by atoms with Gasteiger partial charge in [-0.25, -0.2) is 15.0 Å². The number of nitrogens with one attached hydrogen (secondary N) is 2. The van der Waals surface area contributed by atoms with Gasteiger partial charge in [-0.15, -0.1) is 0 Å². The fourth-order valence-corrected chi connectivity index (χ4v) is 4.40. The molecule has 2 atom stereocenters. The molecule has 1 aromatic carbocycles. The summed E-state index contributed by atoms with van der Waals surface area (Å²) in [5, 5.41) is 16.5. The molecule has 0 radical (unpaired) electrons. The van der Waals surface area contributed by atoms with Crippen molar-refractivity contribution in [3.63, 3.8) is 0 Å². The molecule has 2 saturated heterocycles. The SMILES string of the molecule is CNCC(O)COc1cccc(-c2nc(N[C@@H]3CCOC3)c(C)c(-c3ccnc(N4CCC4)c3)n2)c1. The molecule has 0 bridgehead atoms. The first-order chi connectivity index (χ1) is 17.6. The smallest absolute Gasteiger partial charge is 0.162 e. The average molecular weight is 491 g/mol. The Morgan fingerprint density at radius 3 is 2.83 bits per heavy atom. The highest BCUT2D eigenvalue weighted by Gasteiger charge is 2.22. The van der Waals surface area contributed by atoms with E-state index in [1.807, 2.05) is 36.5 Å². The third-order valence-corrected chi connectivity index (χ3v) is 6.59. The molecule has 2 aromatic heterocycles. The molecule has 36 heavy (non-hydrogen) atoms. The van der Waals surface area contributed by atoms with Gasteiger partial charge in [0.1, 0.15) is 30.1 Å². The summed E-state index contributed by atoms with van der Waals surface area (Å²) in [4.78, 5) is 16.8. The highest BCUT2D eigenvalue weighted by molar-refractivity contribution is 5.74. The van der Waals surface area contributed by atoms with Crippen molar-refractivity contribution in [1.82, 2.24) is 20.3 Å². The van der Waals surface area contributed by atoms with E-state index in [1.165, 1.54) is 6.42 Å². The molecule has 0 aliphatic carbocycles. The molecule has 9 heteroatoms. The van der Waals surface area contributed by atoms with Crippen molar-refractivity contribution in [2.24, 2.45) is 0 Å². The summed E-state index contributed by atoms with van der Waals surface area (Å²) in [6.07, 6.45) is 3.41. The Bertz CT molecular complexity index is 1180. The first kappa shape index (κ1) is 24.4. The Kier molecular flexibility index (Phi) is 7.60. The van der Waals surface area contributed by atoms with Crippen LogP contribution < -0.4 is 20.3 Å². The van der Waals surface area contributed by atoms with Crippen molar-refractivity contribution in [2.75, 3.05) is 56.7 Å². The zero-order valence-electron chi connectivity index (χ0n) is 20.9. The number of pyridine rings is 1. The number of aliphatic hydroxyl groups is 1. The standard InChI is InChI=1S/C27H34N6O3/c1-18-25(19-7-9-29-24(14-19)33-10-4-11-33)31-27(32-26(18)30-21-8-12-35-16-21)20-5-3-6-23(13-20)36-17-22(34)15-28-2/h3,5-7,9,13-14,21-22,28,34H,4,8,10-12,15-17H2,1-2H3,(H,30,31,32)/t21-,22?/m1/s1. The minimum atomic E-state index is -0.586. The van der Waals surface area contributed by atoms with Gasteiger partial charge >= 0.3 is 0 Å². The fourth-order valence-electron chi connectivity index (χ4n) is 4.40. The number of benzene rings is 1. The maximum Gasteiger partial charge on any atom is 0.162 e. The molecule has 190 valence electrons. The monoisotopic (exact) mass is 490 g/mol. The van der Waals surface area contributed by atoms with E-state index in [9.17, 15) is 5.11 Å². The third kappa shape index (κ3) is 5.59. The average Bonchev–Trinajstić information content (AvgIpc) is 3.37. The second kappa shape index (κ2) is 11.2. The van der Waals surface area contributed by atoms with Crippen LogP contribution in [0.25, 0.3) is 22.6 Å². The number of hydrogen-bond acceptors (Lipinski definition) is 9. The van der Waals surface area contributed by atoms with Crippen LogP contribution in [-0.2, 0) is 4.74 Å². The van der Waals surface area contributed by atoms with Crippen molar-refractivity contribution in [1.29, 1.82) is 0 Å². The van der Waals surface area contributed by atoms with E-state index in [0.717, 1.165) is 60.1 Å². The zero-order valence-corrected chi connectivity index (χ0v) is 20.9. The lowest BCUT2D eigenvalue weighted by atomic mass is 10.1. The van der Waals surface area contributed by atoms with Gasteiger partial charge in [0, 0.05) is 49.1 Å². The van der Waals surface area contributed by atoms with Crippen molar-refractivity contribution in [2.45, 2.75) is 31.9 Å². The molecule has 3 aromatic rings. The number of likely N-dealkylation sites (N-methyl/N-ethyl adjacent to an activating group) is 1. The molecule has 4 heterocycles. The van der Waals surface area contributed by atoms with Gasteiger partial charge in [-0.2, -0.15) is 0 Å². The largest absolute Gasteiger partial charge is 0.491 e. The summed E-state index contributed by atoms with van der Waals surface area (Å²) in [6, 6.07) is 12.0. The number of aromatic nitrogens is 3. The lowest BCUT2D eigenvalue weighted by Gasteiger charge is -2.32. The Labute approximate surface area is 211 Å². The molecule has 1 unspecified atom stereocenters. The van der Waals surface area contributed by atoms with Gasteiger partial charge in [0.2, 0.25) is 0 Å². The Morgan fingerprint density at radius 1 is 1.19 bits per heavy atom. The van der Waals surface area contributed by atoms with Crippen LogP contribution in [0.1, 0.15) is 18.4 Å². The molecule has 5 rings (SSSR count). The summed E-state index contributed by atoms with van der Waals surface area (Å²) >= 11 is 0. The predicted molar refractivity (Wildman–Crippen MR) is 141 cm³/mol. The molecule has 0 amide bonds. The van der Waals surface area contributed by atoms with E-state index < -0.39 is 6.10 Å². The summed E-state index contributed by atoms with van der Waals surface area (Å²) in [7, 11) is 1.80. The van der Waals surface area contributed by atoms with E-state index in [4.69, 9.17) is 19.4 Å². The second-order valence-electron chi connectivity index (χ2n) is 9.37. The second-order valence-corrected chi connectivity index (χ2v) is 9.37. The van der Waals surface area contributed by atoms with E-state index in [-0.39, 0.29) is 12.6 Å². The van der Waals surface area contributed by atoms with Crippen LogP contribution >= 0.6 is 0 Å². The van der Waals surface area contributed by atoms with Crippen molar-refractivity contribution in [3.05, 3.63) is 48.2 Å². The number of aliphatic hydroxyl groups excluding tert-OH is 1. The Morgan fingerprint density at radius 2 is 2.08 bits per heavy atom. The van der Waals surface area contributed by atoms with Crippen LogP contribution in [0.5, 0.6) is 5.75 Å². The molecule has 2 aliphatic heterocycles. The summed E-state index contributed by atoms with van der Waals surface area (Å²) in [5.74, 6) is 3.06. The maximum absolute atomic E-state index is 10.0. The summed E-state index contributed by atoms with van der Waals surface area (Å²) in [6.45, 7) is 6.22. The zero-order chi connectivity index (χ0) is 24.9. The quantitative estimate of drug-likeness (QED) is 0.396. The molecule has 0 saturated carbocycles. The van der Waals surface area contributed by atoms with E-state index >= 15 is 0 Å². The Balaban J connectivity index is 1.50. The fraction of sp³-hybridized carbons (Fsp3) is 0.444. The minimum Gasteiger partial charge on any atom is -0.491 e. The van der Waals surface area contributed by atoms with E-state index in [2.05, 4.69) is 33.5 Å². The molecular weight excluding hydrogens is 456 g/mol. The van der Waals surface area contributed by atoms with Gasteiger partial charge in [0.15, 0.2) is 5.82 Å². The molecular formula is C27H34N6O3. The van der Waals surface area contributed by atoms with Crippen molar-refractivity contribution < 1.29 is 14.6 Å². The number of hydrogen-bond donors (Lipinski definition) is 3. The van der Waals surface area contributed by atoms with Gasteiger partial charge in [0.05, 0.1) is 18.3 Å². The molecule has 2 fully saturated rings. The number of nitrogens with zero attached hydrogens (tertiary/aromatic N) is 4. The van der Waals surface area contributed by atoms with Gasteiger partial charge < -0.3 is 30.1 Å². The van der Waals surface area contributed by atoms with Gasteiger partial charge in [-0.05, 0) is 51.1 Å². The molecule has 3 N–H and O–H groups in total. The molecule has 0 spiro atoms. The lowest BCUT2D eigenvalue weighted by molar-refractivity contribution is 0.108. The highest BCUT2D eigenvalue weighted by Crippen LogP contribution is 2.32. The van der Waals surface area contributed by atoms with Gasteiger partial charge in [0.25, 0.3) is 0 Å². The molecule has 2 aliphatic rings. The lowest BCUT2D eigenvalue weighted by Crippen LogP contribution is -2.37. The highest BCUT2D eigenvalue weighted by atomic mass is 16.5. The summed E-state index contributed by atoms with van der Waals surface area (Å²) < 4.78 is 11.4. The van der Waals surface area contributed by atoms with Crippen LogP contribution in [0.3, 0.4) is 0 Å². The summed E-state index contributed by atoms with van der Waals surface area (Å²) in [5.41, 5.74) is 3.73. The topological polar surface area (TPSA) is 105 Å². The number of rotatable bonds is 10. The normalized spacial score (nSPS) is 18.1.